The SMILES string of the molecule is CNc1ccccc1SN1CCCCC1. The fourth-order valence-corrected chi connectivity index (χ4v) is 2.97. The number of hydrogen-bond acceptors (Lipinski definition) is 3. The highest BCUT2D eigenvalue weighted by atomic mass is 32.2. The molecule has 1 heterocycles. The summed E-state index contributed by atoms with van der Waals surface area (Å²) in [5, 5.41) is 3.24. The third kappa shape index (κ3) is 2.89. The molecular formula is C12H18N2S. The Labute approximate surface area is 96.2 Å². The lowest BCUT2D eigenvalue weighted by Crippen LogP contribution is -2.22. The number of piperidine rings is 1. The zero-order chi connectivity index (χ0) is 10.5. The minimum atomic E-state index is 1.22. The van der Waals surface area contributed by atoms with Crippen molar-refractivity contribution in [2.24, 2.45) is 0 Å². The molecular weight excluding hydrogens is 204 g/mol. The van der Waals surface area contributed by atoms with Gasteiger partial charge in [0.1, 0.15) is 0 Å². The van der Waals surface area contributed by atoms with Gasteiger partial charge in [-0.15, -0.1) is 0 Å². The van der Waals surface area contributed by atoms with Gasteiger partial charge in [-0.3, -0.25) is 0 Å². The monoisotopic (exact) mass is 222 g/mol. The fourth-order valence-electron chi connectivity index (χ4n) is 1.85. The molecule has 0 aliphatic carbocycles. The van der Waals surface area contributed by atoms with Crippen LogP contribution in [0.1, 0.15) is 19.3 Å². The molecule has 1 aromatic rings. The summed E-state index contributed by atoms with van der Waals surface area (Å²) >= 11 is 1.89. The molecule has 2 nitrogen and oxygen atoms in total. The van der Waals surface area contributed by atoms with E-state index in [1.165, 1.54) is 42.9 Å². The van der Waals surface area contributed by atoms with Crippen molar-refractivity contribution in [3.63, 3.8) is 0 Å². The number of nitrogens with zero attached hydrogens (tertiary/aromatic N) is 1. The highest BCUT2D eigenvalue weighted by molar-refractivity contribution is 7.97. The van der Waals surface area contributed by atoms with Crippen molar-refractivity contribution in [2.45, 2.75) is 24.2 Å². The first kappa shape index (κ1) is 10.8. The van der Waals surface area contributed by atoms with Crippen LogP contribution in [-0.2, 0) is 0 Å². The molecule has 82 valence electrons. The Morgan fingerprint density at radius 1 is 1.13 bits per heavy atom. The molecule has 1 saturated heterocycles. The van der Waals surface area contributed by atoms with Gasteiger partial charge in [0, 0.05) is 30.7 Å². The average Bonchev–Trinajstić information content (AvgIpc) is 2.31. The molecule has 0 saturated carbocycles. The summed E-state index contributed by atoms with van der Waals surface area (Å²) < 4.78 is 2.47. The van der Waals surface area contributed by atoms with Gasteiger partial charge >= 0.3 is 0 Å². The molecule has 0 unspecified atom stereocenters. The van der Waals surface area contributed by atoms with Gasteiger partial charge in [-0.05, 0) is 36.9 Å². The summed E-state index contributed by atoms with van der Waals surface area (Å²) in [7, 11) is 1.98. The first-order valence-electron chi connectivity index (χ1n) is 5.60. The molecule has 1 aliphatic rings. The van der Waals surface area contributed by atoms with E-state index in [9.17, 15) is 0 Å². The summed E-state index contributed by atoms with van der Waals surface area (Å²) in [6, 6.07) is 8.50. The van der Waals surface area contributed by atoms with Crippen molar-refractivity contribution in [2.75, 3.05) is 25.5 Å². The first-order chi connectivity index (χ1) is 7.40. The second kappa shape index (κ2) is 5.42. The number of nitrogens with one attached hydrogen (secondary N) is 1. The zero-order valence-electron chi connectivity index (χ0n) is 9.20. The maximum atomic E-state index is 3.24. The van der Waals surface area contributed by atoms with Crippen LogP contribution in [0.25, 0.3) is 0 Å². The number of anilines is 1. The molecule has 2 rings (SSSR count). The predicted molar refractivity (Wildman–Crippen MR) is 67.3 cm³/mol. The summed E-state index contributed by atoms with van der Waals surface area (Å²) in [4.78, 5) is 1.34. The van der Waals surface area contributed by atoms with E-state index in [1.807, 2.05) is 19.0 Å². The van der Waals surface area contributed by atoms with Crippen molar-refractivity contribution in [1.82, 2.24) is 4.31 Å². The van der Waals surface area contributed by atoms with Crippen LogP contribution >= 0.6 is 11.9 Å². The van der Waals surface area contributed by atoms with Crippen LogP contribution < -0.4 is 5.32 Å². The quantitative estimate of drug-likeness (QED) is 0.791. The Hall–Kier alpha value is -0.670. The molecule has 0 aromatic heterocycles. The van der Waals surface area contributed by atoms with Crippen molar-refractivity contribution >= 4 is 17.6 Å². The highest BCUT2D eigenvalue weighted by Gasteiger charge is 2.12. The molecule has 0 atom stereocenters. The van der Waals surface area contributed by atoms with Crippen molar-refractivity contribution < 1.29 is 0 Å². The molecule has 0 amide bonds. The van der Waals surface area contributed by atoms with Crippen LogP contribution in [0.4, 0.5) is 5.69 Å². The standard InChI is InChI=1S/C12H18N2S/c1-13-11-7-3-4-8-12(11)15-14-9-5-2-6-10-14/h3-4,7-8,13H,2,5-6,9-10H2,1H3. The Morgan fingerprint density at radius 2 is 1.87 bits per heavy atom. The maximum absolute atomic E-state index is 3.24. The lowest BCUT2D eigenvalue weighted by molar-refractivity contribution is 0.380. The van der Waals surface area contributed by atoms with Crippen LogP contribution in [0.2, 0.25) is 0 Å². The number of para-hydroxylation sites is 1. The molecule has 15 heavy (non-hydrogen) atoms. The van der Waals surface area contributed by atoms with Crippen LogP contribution in [0.3, 0.4) is 0 Å². The van der Waals surface area contributed by atoms with E-state index in [-0.39, 0.29) is 0 Å². The van der Waals surface area contributed by atoms with E-state index in [1.54, 1.807) is 0 Å². The van der Waals surface area contributed by atoms with Gasteiger partial charge in [-0.2, -0.15) is 0 Å². The maximum Gasteiger partial charge on any atom is 0.0489 e. The molecule has 1 N–H and O–H groups in total. The average molecular weight is 222 g/mol. The third-order valence-corrected chi connectivity index (χ3v) is 3.87. The van der Waals surface area contributed by atoms with Gasteiger partial charge in [-0.25, -0.2) is 4.31 Å². The highest BCUT2D eigenvalue weighted by Crippen LogP contribution is 2.31. The second-order valence-corrected chi connectivity index (χ2v) is 4.97. The molecule has 0 bridgehead atoms. The number of rotatable bonds is 3. The normalized spacial score (nSPS) is 17.7. The smallest absolute Gasteiger partial charge is 0.0489 e. The van der Waals surface area contributed by atoms with Gasteiger partial charge in [0.2, 0.25) is 0 Å². The van der Waals surface area contributed by atoms with Gasteiger partial charge < -0.3 is 5.32 Å². The lowest BCUT2D eigenvalue weighted by atomic mass is 10.2. The van der Waals surface area contributed by atoms with Gasteiger partial charge in [0.25, 0.3) is 0 Å². The lowest BCUT2D eigenvalue weighted by Gasteiger charge is -2.25. The summed E-state index contributed by atoms with van der Waals surface area (Å²) in [5.74, 6) is 0. The Kier molecular flexibility index (Phi) is 3.92. The fraction of sp³-hybridized carbons (Fsp3) is 0.500. The first-order valence-corrected chi connectivity index (χ1v) is 6.37. The molecule has 3 heteroatoms. The topological polar surface area (TPSA) is 15.3 Å². The minimum Gasteiger partial charge on any atom is -0.387 e. The Balaban J connectivity index is 2.02. The van der Waals surface area contributed by atoms with Gasteiger partial charge in [0.15, 0.2) is 0 Å². The largest absolute Gasteiger partial charge is 0.387 e. The van der Waals surface area contributed by atoms with E-state index >= 15 is 0 Å². The van der Waals surface area contributed by atoms with Crippen molar-refractivity contribution in [3.05, 3.63) is 24.3 Å². The molecule has 0 spiro atoms. The Morgan fingerprint density at radius 3 is 2.60 bits per heavy atom. The number of benzene rings is 1. The van der Waals surface area contributed by atoms with Gasteiger partial charge in [0.05, 0.1) is 0 Å². The molecule has 1 fully saturated rings. The molecule has 1 aromatic carbocycles. The second-order valence-electron chi connectivity index (χ2n) is 3.83. The summed E-state index contributed by atoms with van der Waals surface area (Å²) in [5.41, 5.74) is 1.23. The zero-order valence-corrected chi connectivity index (χ0v) is 10.0. The Bertz CT molecular complexity index is 308. The van der Waals surface area contributed by atoms with Crippen LogP contribution in [0.15, 0.2) is 29.2 Å². The van der Waals surface area contributed by atoms with Crippen molar-refractivity contribution in [3.8, 4) is 0 Å². The third-order valence-electron chi connectivity index (χ3n) is 2.70. The minimum absolute atomic E-state index is 1.22. The van der Waals surface area contributed by atoms with Crippen LogP contribution in [-0.4, -0.2) is 24.4 Å². The number of hydrogen-bond donors (Lipinski definition) is 1. The van der Waals surface area contributed by atoms with Crippen LogP contribution in [0, 0.1) is 0 Å². The van der Waals surface area contributed by atoms with E-state index in [0.29, 0.717) is 0 Å². The van der Waals surface area contributed by atoms with E-state index < -0.39 is 0 Å². The summed E-state index contributed by atoms with van der Waals surface area (Å²) in [6.07, 6.45) is 4.08. The van der Waals surface area contributed by atoms with Crippen molar-refractivity contribution in [1.29, 1.82) is 0 Å². The van der Waals surface area contributed by atoms with Crippen LogP contribution in [0.5, 0.6) is 0 Å². The predicted octanol–water partition coefficient (Wildman–Crippen LogP) is 3.22. The van der Waals surface area contributed by atoms with E-state index in [0.717, 1.165) is 0 Å². The van der Waals surface area contributed by atoms with Gasteiger partial charge in [-0.1, -0.05) is 18.6 Å². The summed E-state index contributed by atoms with van der Waals surface area (Å²) in [6.45, 7) is 2.45. The molecule has 0 radical (unpaired) electrons. The van der Waals surface area contributed by atoms with E-state index in [4.69, 9.17) is 0 Å². The van der Waals surface area contributed by atoms with E-state index in [2.05, 4.69) is 33.9 Å². The molecule has 1 aliphatic heterocycles.